The minimum atomic E-state index is -0.290. The molecule has 178 valence electrons. The van der Waals surface area contributed by atoms with Crippen LogP contribution >= 0.6 is 11.9 Å². The summed E-state index contributed by atoms with van der Waals surface area (Å²) in [6, 6.07) is 12.3. The van der Waals surface area contributed by atoms with Crippen LogP contribution in [0.3, 0.4) is 0 Å². The van der Waals surface area contributed by atoms with Gasteiger partial charge in [-0.1, -0.05) is 32.0 Å². The number of aliphatic hydroxyl groups is 1. The van der Waals surface area contributed by atoms with Crippen molar-refractivity contribution in [3.05, 3.63) is 70.7 Å². The summed E-state index contributed by atoms with van der Waals surface area (Å²) in [6.45, 7) is 6.43. The molecular weight excluding hydrogens is 449 g/mol. The maximum atomic E-state index is 13.8. The van der Waals surface area contributed by atoms with Gasteiger partial charge in [0.25, 0.3) is 5.91 Å². The second-order valence-electron chi connectivity index (χ2n) is 9.31. The average molecular weight is 480 g/mol. The van der Waals surface area contributed by atoms with Crippen LogP contribution in [0, 0.1) is 30.5 Å². The van der Waals surface area contributed by atoms with Crippen LogP contribution in [0.25, 0.3) is 0 Å². The molecule has 5 nitrogen and oxygen atoms in total. The molecular formula is C27H30FN3O2S. The third-order valence-electron chi connectivity index (χ3n) is 7.39. The number of aryl methyl sites for hydroxylation is 1. The van der Waals surface area contributed by atoms with E-state index in [0.29, 0.717) is 24.2 Å². The molecule has 2 bridgehead atoms. The van der Waals surface area contributed by atoms with Gasteiger partial charge in [0.05, 0.1) is 10.6 Å². The lowest BCUT2D eigenvalue weighted by Crippen LogP contribution is -2.53. The van der Waals surface area contributed by atoms with E-state index < -0.39 is 0 Å². The lowest BCUT2D eigenvalue weighted by molar-refractivity contribution is -0.134. The van der Waals surface area contributed by atoms with E-state index in [-0.39, 0.29) is 35.0 Å². The quantitative estimate of drug-likeness (QED) is 0.525. The smallest absolute Gasteiger partial charge is 0.261 e. The van der Waals surface area contributed by atoms with Gasteiger partial charge in [0.2, 0.25) is 0 Å². The molecule has 2 saturated carbocycles. The fourth-order valence-corrected chi connectivity index (χ4v) is 6.80. The van der Waals surface area contributed by atoms with E-state index >= 15 is 0 Å². The Morgan fingerprint density at radius 1 is 1.15 bits per heavy atom. The highest BCUT2D eigenvalue weighted by atomic mass is 32.2. The molecule has 1 amide bonds. The summed E-state index contributed by atoms with van der Waals surface area (Å²) in [6.07, 6.45) is 3.21. The zero-order valence-electron chi connectivity index (χ0n) is 19.7. The predicted octanol–water partition coefficient (Wildman–Crippen LogP) is 6.07. The average Bonchev–Trinajstić information content (AvgIpc) is 3.47. The van der Waals surface area contributed by atoms with Gasteiger partial charge in [-0.15, -0.1) is 0 Å². The molecule has 0 spiro atoms. The Kier molecular flexibility index (Phi) is 6.15. The number of aliphatic imine (C=N–C) groups is 1. The summed E-state index contributed by atoms with van der Waals surface area (Å²) in [5.41, 5.74) is 3.10. The van der Waals surface area contributed by atoms with E-state index in [4.69, 9.17) is 4.99 Å². The number of hydrogen-bond donors (Lipinski definition) is 2. The monoisotopic (exact) mass is 479 g/mol. The summed E-state index contributed by atoms with van der Waals surface area (Å²) >= 11 is 1.42. The molecule has 0 unspecified atom stereocenters. The van der Waals surface area contributed by atoms with Crippen molar-refractivity contribution in [2.24, 2.45) is 22.7 Å². The first-order chi connectivity index (χ1) is 16.5. The Hall–Kier alpha value is -2.80. The summed E-state index contributed by atoms with van der Waals surface area (Å²) < 4.78 is 16.6. The molecule has 0 aromatic heterocycles. The molecule has 0 radical (unpaired) electrons. The molecule has 2 aromatic rings. The van der Waals surface area contributed by atoms with Crippen molar-refractivity contribution in [3.8, 4) is 0 Å². The van der Waals surface area contributed by atoms with E-state index in [1.807, 2.05) is 37.8 Å². The Bertz CT molecular complexity index is 1180. The van der Waals surface area contributed by atoms with Crippen LogP contribution in [0.4, 0.5) is 10.1 Å². The molecule has 2 fully saturated rings. The number of amidine groups is 1. The Morgan fingerprint density at radius 2 is 1.88 bits per heavy atom. The number of nitrogens with one attached hydrogen (secondary N) is 1. The lowest BCUT2D eigenvalue weighted by Gasteiger charge is -2.44. The Morgan fingerprint density at radius 3 is 2.65 bits per heavy atom. The van der Waals surface area contributed by atoms with E-state index in [1.54, 1.807) is 12.1 Å². The number of benzene rings is 2. The minimum absolute atomic E-state index is 0.0122. The number of nitrogens with zero attached hydrogens (tertiary/aromatic N) is 2. The fourth-order valence-electron chi connectivity index (χ4n) is 5.99. The summed E-state index contributed by atoms with van der Waals surface area (Å²) in [4.78, 5) is 21.4. The zero-order chi connectivity index (χ0) is 24.0. The standard InChI is InChI=1S/C25H24FN3O2S.C2H6/c1-13-2-9-18-19(10-13)32-28-24(27-18)21-23(30)20-15-5-6-16(11-15)22(20)29(25(21)31)12-14-3-7-17(26)8-4-14;1-2/h2-4,7-10,15-16,20,22,30H,5-6,11-12H2,1H3,(H,27,28);1-2H3/t15-,16+,20+,22-;/m0./s1. The Labute approximate surface area is 204 Å². The maximum absolute atomic E-state index is 13.8. The second-order valence-corrected chi connectivity index (χ2v) is 10.2. The van der Waals surface area contributed by atoms with E-state index in [1.165, 1.54) is 24.1 Å². The highest BCUT2D eigenvalue weighted by Crippen LogP contribution is 2.55. The van der Waals surface area contributed by atoms with E-state index in [9.17, 15) is 14.3 Å². The SMILES string of the molecule is CC.Cc1ccc2c(c1)SNC(C1=C(O)[C@@H]3[C@H]4CC[C@H](C4)[C@@H]3N(Cc3ccc(F)cc3)C1=O)=N2. The molecule has 6 rings (SSSR count). The van der Waals surface area contributed by atoms with Crippen molar-refractivity contribution in [1.29, 1.82) is 0 Å². The third kappa shape index (κ3) is 3.80. The largest absolute Gasteiger partial charge is 0.511 e. The number of carbonyl (C=O) groups is 1. The number of amides is 1. The van der Waals surface area contributed by atoms with Crippen LogP contribution < -0.4 is 4.72 Å². The van der Waals surface area contributed by atoms with Crippen molar-refractivity contribution < 1.29 is 14.3 Å². The summed E-state index contributed by atoms with van der Waals surface area (Å²) in [7, 11) is 0. The molecule has 2 N–H and O–H groups in total. The van der Waals surface area contributed by atoms with Gasteiger partial charge in [0.1, 0.15) is 17.1 Å². The van der Waals surface area contributed by atoms with Gasteiger partial charge < -0.3 is 14.7 Å². The Balaban J connectivity index is 0.00000117. The molecule has 4 aliphatic rings. The topological polar surface area (TPSA) is 64.9 Å². The van der Waals surface area contributed by atoms with E-state index in [0.717, 1.165) is 41.0 Å². The van der Waals surface area contributed by atoms with Crippen LogP contribution in [0.2, 0.25) is 0 Å². The number of aliphatic hydroxyl groups excluding tert-OH is 1. The van der Waals surface area contributed by atoms with Gasteiger partial charge in [-0.2, -0.15) is 0 Å². The molecule has 2 heterocycles. The highest BCUT2D eigenvalue weighted by Gasteiger charge is 2.56. The number of halogens is 1. The molecule has 2 aromatic carbocycles. The molecule has 0 saturated heterocycles. The molecule has 2 aliphatic heterocycles. The van der Waals surface area contributed by atoms with Gasteiger partial charge in [-0.25, -0.2) is 9.38 Å². The van der Waals surface area contributed by atoms with Crippen molar-refractivity contribution in [3.63, 3.8) is 0 Å². The van der Waals surface area contributed by atoms with Crippen LogP contribution in [0.5, 0.6) is 0 Å². The van der Waals surface area contributed by atoms with Crippen molar-refractivity contribution >= 4 is 29.4 Å². The van der Waals surface area contributed by atoms with Crippen LogP contribution in [0.15, 0.2) is 63.7 Å². The first kappa shape index (κ1) is 23.0. The summed E-state index contributed by atoms with van der Waals surface area (Å²) in [5.74, 6) is 0.831. The number of fused-ring (bicyclic) bond motifs is 6. The number of rotatable bonds is 3. The normalized spacial score (nSPS) is 26.9. The van der Waals surface area contributed by atoms with Crippen molar-refractivity contribution in [1.82, 2.24) is 9.62 Å². The zero-order valence-corrected chi connectivity index (χ0v) is 20.5. The van der Waals surface area contributed by atoms with Gasteiger partial charge in [0.15, 0.2) is 5.84 Å². The number of carbonyl (C=O) groups excluding carboxylic acids is 1. The van der Waals surface area contributed by atoms with Gasteiger partial charge in [0, 0.05) is 18.5 Å². The molecule has 2 aliphatic carbocycles. The first-order valence-electron chi connectivity index (χ1n) is 12.1. The maximum Gasteiger partial charge on any atom is 0.261 e. The molecule has 4 atom stereocenters. The second kappa shape index (κ2) is 9.10. The van der Waals surface area contributed by atoms with Gasteiger partial charge >= 0.3 is 0 Å². The minimum Gasteiger partial charge on any atom is -0.511 e. The third-order valence-corrected chi connectivity index (χ3v) is 8.23. The number of hydrogen-bond acceptors (Lipinski definition) is 5. The van der Waals surface area contributed by atoms with Crippen LogP contribution in [-0.2, 0) is 11.3 Å². The molecule has 7 heteroatoms. The first-order valence-corrected chi connectivity index (χ1v) is 12.9. The van der Waals surface area contributed by atoms with Crippen LogP contribution in [-0.4, -0.2) is 27.8 Å². The van der Waals surface area contributed by atoms with Crippen LogP contribution in [0.1, 0.15) is 44.2 Å². The van der Waals surface area contributed by atoms with Crippen molar-refractivity contribution in [2.75, 3.05) is 0 Å². The predicted molar refractivity (Wildman–Crippen MR) is 133 cm³/mol. The summed E-state index contributed by atoms with van der Waals surface area (Å²) in [5, 5.41) is 11.3. The lowest BCUT2D eigenvalue weighted by atomic mass is 9.77. The van der Waals surface area contributed by atoms with Gasteiger partial charge in [-0.3, -0.25) is 4.79 Å². The van der Waals surface area contributed by atoms with Crippen molar-refractivity contribution in [2.45, 2.75) is 57.5 Å². The van der Waals surface area contributed by atoms with E-state index in [2.05, 4.69) is 10.8 Å². The molecule has 34 heavy (non-hydrogen) atoms. The van der Waals surface area contributed by atoms with Gasteiger partial charge in [-0.05, 0) is 85.4 Å². The highest BCUT2D eigenvalue weighted by molar-refractivity contribution is 7.98. The fraction of sp³-hybridized carbons (Fsp3) is 0.407.